The van der Waals surface area contributed by atoms with Crippen LogP contribution < -0.4 is 0 Å². The zero-order valence-corrected chi connectivity index (χ0v) is 13.2. The second-order valence-electron chi connectivity index (χ2n) is 5.42. The molecule has 112 valence electrons. The average Bonchev–Trinajstić information content (AvgIpc) is 2.44. The summed E-state index contributed by atoms with van der Waals surface area (Å²) in [5.74, 6) is 0.496. The highest BCUT2D eigenvalue weighted by Gasteiger charge is 2.35. The number of alkyl halides is 1. The monoisotopic (exact) mass is 309 g/mol. The Kier molecular flexibility index (Phi) is 5.48. The van der Waals surface area contributed by atoms with Crippen molar-refractivity contribution >= 4 is 21.8 Å². The molecule has 5 nitrogen and oxygen atoms in total. The molecule has 2 heterocycles. The highest BCUT2D eigenvalue weighted by atomic mass is 35.5. The quantitative estimate of drug-likeness (QED) is 0.711. The highest BCUT2D eigenvalue weighted by Crippen LogP contribution is 2.23. The van der Waals surface area contributed by atoms with Crippen LogP contribution in [0.15, 0.2) is 0 Å². The van der Waals surface area contributed by atoms with Crippen LogP contribution in [0.4, 0.5) is 0 Å². The Labute approximate surface area is 121 Å². The van der Waals surface area contributed by atoms with Crippen LogP contribution in [0.1, 0.15) is 25.7 Å². The van der Waals surface area contributed by atoms with E-state index in [0.717, 1.165) is 19.5 Å². The van der Waals surface area contributed by atoms with Crippen molar-refractivity contribution in [3.8, 4) is 0 Å². The second-order valence-corrected chi connectivity index (χ2v) is 7.83. The molecule has 0 aromatic heterocycles. The lowest BCUT2D eigenvalue weighted by Crippen LogP contribution is -2.58. The van der Waals surface area contributed by atoms with Crippen molar-refractivity contribution in [3.05, 3.63) is 0 Å². The van der Waals surface area contributed by atoms with Gasteiger partial charge in [0.15, 0.2) is 0 Å². The smallest absolute Gasteiger partial charge is 0.281 e. The lowest BCUT2D eigenvalue weighted by atomic mass is 10.0. The Morgan fingerprint density at radius 2 is 2.05 bits per heavy atom. The van der Waals surface area contributed by atoms with Crippen molar-refractivity contribution < 1.29 is 8.42 Å². The number of fused-ring (bicyclic) bond motifs is 1. The summed E-state index contributed by atoms with van der Waals surface area (Å²) in [6, 6.07) is 0.415. The zero-order chi connectivity index (χ0) is 13.9. The van der Waals surface area contributed by atoms with Gasteiger partial charge in [-0.3, -0.25) is 4.90 Å². The molecule has 0 bridgehead atoms. The van der Waals surface area contributed by atoms with Crippen LogP contribution in [0, 0.1) is 0 Å². The fourth-order valence-electron chi connectivity index (χ4n) is 2.93. The summed E-state index contributed by atoms with van der Waals surface area (Å²) in [5, 5.41) is 0. The third kappa shape index (κ3) is 3.61. The molecule has 2 rings (SSSR count). The predicted molar refractivity (Wildman–Crippen MR) is 77.7 cm³/mol. The molecule has 0 amide bonds. The number of piperazine rings is 1. The predicted octanol–water partition coefficient (Wildman–Crippen LogP) is 0.962. The Bertz CT molecular complexity index is 390. The number of hydrogen-bond acceptors (Lipinski definition) is 3. The molecular formula is C12H24ClN3O2S. The molecule has 0 aliphatic carbocycles. The van der Waals surface area contributed by atoms with Crippen LogP contribution in [0.25, 0.3) is 0 Å². The molecule has 2 aliphatic heterocycles. The summed E-state index contributed by atoms with van der Waals surface area (Å²) in [6.07, 6.45) is 4.29. The van der Waals surface area contributed by atoms with Crippen molar-refractivity contribution in [2.75, 3.05) is 45.7 Å². The molecule has 2 fully saturated rings. The number of halogens is 1. The summed E-state index contributed by atoms with van der Waals surface area (Å²) in [5.41, 5.74) is 0. The molecule has 0 aromatic rings. The summed E-state index contributed by atoms with van der Waals surface area (Å²) in [4.78, 5) is 2.44. The van der Waals surface area contributed by atoms with Crippen LogP contribution in [0.3, 0.4) is 0 Å². The molecule has 7 heteroatoms. The molecule has 0 spiro atoms. The van der Waals surface area contributed by atoms with Gasteiger partial charge < -0.3 is 0 Å². The molecule has 19 heavy (non-hydrogen) atoms. The minimum Gasteiger partial charge on any atom is -0.298 e. The van der Waals surface area contributed by atoms with Crippen LogP contribution >= 0.6 is 11.6 Å². The molecule has 1 unspecified atom stereocenters. The van der Waals surface area contributed by atoms with E-state index in [1.807, 2.05) is 0 Å². The van der Waals surface area contributed by atoms with E-state index in [1.54, 1.807) is 11.4 Å². The van der Waals surface area contributed by atoms with Crippen LogP contribution in [-0.2, 0) is 10.2 Å². The molecule has 0 aromatic carbocycles. The van der Waals surface area contributed by atoms with E-state index in [4.69, 9.17) is 11.6 Å². The van der Waals surface area contributed by atoms with Crippen molar-refractivity contribution in [2.45, 2.75) is 31.7 Å². The minimum atomic E-state index is -3.30. The lowest BCUT2D eigenvalue weighted by Gasteiger charge is -2.44. The molecule has 0 radical (unpaired) electrons. The number of rotatable bonds is 5. The van der Waals surface area contributed by atoms with Gasteiger partial charge in [-0.15, -0.1) is 11.6 Å². The first kappa shape index (κ1) is 15.5. The fraction of sp³-hybridized carbons (Fsp3) is 1.00. The summed E-state index contributed by atoms with van der Waals surface area (Å²) in [6.45, 7) is 3.75. The average molecular weight is 310 g/mol. The summed E-state index contributed by atoms with van der Waals surface area (Å²) in [7, 11) is -1.66. The third-order valence-corrected chi connectivity index (χ3v) is 6.35. The van der Waals surface area contributed by atoms with Gasteiger partial charge in [-0.05, 0) is 25.8 Å². The highest BCUT2D eigenvalue weighted by molar-refractivity contribution is 7.86. The number of hydrogen-bond donors (Lipinski definition) is 0. The van der Waals surface area contributed by atoms with Gasteiger partial charge >= 0.3 is 0 Å². The third-order valence-electron chi connectivity index (χ3n) is 4.13. The molecule has 1 atom stereocenters. The van der Waals surface area contributed by atoms with Gasteiger partial charge in [-0.2, -0.15) is 17.0 Å². The Morgan fingerprint density at radius 1 is 1.26 bits per heavy atom. The van der Waals surface area contributed by atoms with Gasteiger partial charge in [0.05, 0.1) is 0 Å². The number of nitrogens with zero attached hydrogens (tertiary/aromatic N) is 3. The van der Waals surface area contributed by atoms with Crippen molar-refractivity contribution in [3.63, 3.8) is 0 Å². The summed E-state index contributed by atoms with van der Waals surface area (Å²) < 4.78 is 28.0. The maximum atomic E-state index is 12.5. The molecule has 2 aliphatic rings. The van der Waals surface area contributed by atoms with Crippen molar-refractivity contribution in [1.82, 2.24) is 13.5 Å². The fourth-order valence-corrected chi connectivity index (χ4v) is 4.48. The van der Waals surface area contributed by atoms with Gasteiger partial charge in [-0.25, -0.2) is 0 Å². The zero-order valence-electron chi connectivity index (χ0n) is 11.6. The van der Waals surface area contributed by atoms with Gasteiger partial charge in [0.25, 0.3) is 10.2 Å². The Hall–Kier alpha value is 0.120. The first-order valence-corrected chi connectivity index (χ1v) is 9.00. The topological polar surface area (TPSA) is 43.9 Å². The minimum absolute atomic E-state index is 0.415. The standard InChI is InChI=1S/C12H24ClN3O2S/c1-14(7-4-6-13)19(17,18)16-10-9-15-8-3-2-5-12(15)11-16/h12H,2-11H2,1H3. The van der Waals surface area contributed by atoms with E-state index in [1.165, 1.54) is 17.1 Å². The van der Waals surface area contributed by atoms with E-state index >= 15 is 0 Å². The maximum Gasteiger partial charge on any atom is 0.281 e. The van der Waals surface area contributed by atoms with Gasteiger partial charge in [0.2, 0.25) is 0 Å². The van der Waals surface area contributed by atoms with Crippen LogP contribution in [0.5, 0.6) is 0 Å². The molecular weight excluding hydrogens is 286 g/mol. The first-order valence-electron chi connectivity index (χ1n) is 7.07. The summed E-state index contributed by atoms with van der Waals surface area (Å²) >= 11 is 5.63. The maximum absolute atomic E-state index is 12.5. The van der Waals surface area contributed by atoms with E-state index in [-0.39, 0.29) is 0 Å². The first-order chi connectivity index (χ1) is 9.05. The second kappa shape index (κ2) is 6.72. The molecule has 0 N–H and O–H groups in total. The van der Waals surface area contributed by atoms with E-state index in [2.05, 4.69) is 4.90 Å². The van der Waals surface area contributed by atoms with Crippen LogP contribution in [0.2, 0.25) is 0 Å². The van der Waals surface area contributed by atoms with Crippen molar-refractivity contribution in [1.29, 1.82) is 0 Å². The molecule has 2 saturated heterocycles. The van der Waals surface area contributed by atoms with E-state index in [0.29, 0.717) is 38.0 Å². The SMILES string of the molecule is CN(CCCCl)S(=O)(=O)N1CCN2CCCCC2C1. The van der Waals surface area contributed by atoms with Gasteiger partial charge in [0, 0.05) is 45.1 Å². The Morgan fingerprint density at radius 3 is 2.79 bits per heavy atom. The molecule has 0 saturated carbocycles. The largest absolute Gasteiger partial charge is 0.298 e. The van der Waals surface area contributed by atoms with Crippen LogP contribution in [-0.4, -0.2) is 73.6 Å². The Balaban J connectivity index is 1.97. The van der Waals surface area contributed by atoms with E-state index < -0.39 is 10.2 Å². The lowest BCUT2D eigenvalue weighted by molar-refractivity contribution is 0.0827. The number of piperidine rings is 1. The van der Waals surface area contributed by atoms with E-state index in [9.17, 15) is 8.42 Å². The van der Waals surface area contributed by atoms with Crippen molar-refractivity contribution in [2.24, 2.45) is 0 Å². The van der Waals surface area contributed by atoms with Gasteiger partial charge in [-0.1, -0.05) is 6.42 Å². The normalized spacial score (nSPS) is 26.6. The van der Waals surface area contributed by atoms with Gasteiger partial charge in [0.1, 0.15) is 0 Å².